The molecule has 20 heavy (non-hydrogen) atoms. The van der Waals surface area contributed by atoms with Crippen LogP contribution in [-0.2, 0) is 0 Å². The zero-order valence-electron chi connectivity index (χ0n) is 14.0. The van der Waals surface area contributed by atoms with Crippen molar-refractivity contribution in [3.05, 3.63) is 0 Å². The molecule has 0 spiro atoms. The average Bonchev–Trinajstić information content (AvgIpc) is 2.30. The molecule has 0 aliphatic carbocycles. The number of rotatable bonds is 13. The maximum Gasteiger partial charge on any atom is 0.0639 e. The summed E-state index contributed by atoms with van der Waals surface area (Å²) in [5.41, 5.74) is 0. The Balaban J connectivity index is 3.53. The topological polar surface area (TPSA) is 46.9 Å². The number of aliphatic hydroxyl groups excluding tert-OH is 2. The standard InChI is InChI=1S/C16H36N2O2/c1-15(19)13-18(14-16(2)20)12-10-8-6-5-7-9-11-17(3)4/h15-16,19-20H,5-14H2,1-4H3. The third-order valence-corrected chi connectivity index (χ3v) is 3.37. The number of hydrogen-bond acceptors (Lipinski definition) is 4. The molecule has 2 unspecified atom stereocenters. The molecule has 0 saturated carbocycles. The molecule has 0 rings (SSSR count). The summed E-state index contributed by atoms with van der Waals surface area (Å²) in [6.07, 6.45) is 7.00. The van der Waals surface area contributed by atoms with Crippen LogP contribution in [0.25, 0.3) is 0 Å². The summed E-state index contributed by atoms with van der Waals surface area (Å²) < 4.78 is 0. The molecule has 2 atom stereocenters. The molecule has 0 aliphatic heterocycles. The van der Waals surface area contributed by atoms with Gasteiger partial charge in [-0.15, -0.1) is 0 Å². The lowest BCUT2D eigenvalue weighted by atomic mass is 10.1. The van der Waals surface area contributed by atoms with Crippen LogP contribution in [0.3, 0.4) is 0 Å². The predicted molar refractivity (Wildman–Crippen MR) is 86.1 cm³/mol. The smallest absolute Gasteiger partial charge is 0.0639 e. The molecule has 0 aromatic carbocycles. The lowest BCUT2D eigenvalue weighted by Gasteiger charge is -2.24. The monoisotopic (exact) mass is 288 g/mol. The van der Waals surface area contributed by atoms with E-state index in [0.29, 0.717) is 13.1 Å². The van der Waals surface area contributed by atoms with Gasteiger partial charge in [-0.3, -0.25) is 4.90 Å². The van der Waals surface area contributed by atoms with Gasteiger partial charge in [-0.25, -0.2) is 0 Å². The second-order valence-electron chi connectivity index (χ2n) is 6.38. The zero-order valence-corrected chi connectivity index (χ0v) is 14.0. The summed E-state index contributed by atoms with van der Waals surface area (Å²) >= 11 is 0. The third kappa shape index (κ3) is 14.3. The Morgan fingerprint density at radius 3 is 1.50 bits per heavy atom. The fourth-order valence-corrected chi connectivity index (χ4v) is 2.47. The molecule has 4 nitrogen and oxygen atoms in total. The van der Waals surface area contributed by atoms with Gasteiger partial charge in [0.1, 0.15) is 0 Å². The van der Waals surface area contributed by atoms with Crippen LogP contribution in [0.5, 0.6) is 0 Å². The van der Waals surface area contributed by atoms with E-state index in [1.54, 1.807) is 13.8 Å². The molecule has 2 N–H and O–H groups in total. The molecule has 0 saturated heterocycles. The number of nitrogens with zero attached hydrogens (tertiary/aromatic N) is 2. The Hall–Kier alpha value is -0.160. The van der Waals surface area contributed by atoms with Gasteiger partial charge in [0.15, 0.2) is 0 Å². The number of aliphatic hydroxyl groups is 2. The average molecular weight is 288 g/mol. The van der Waals surface area contributed by atoms with E-state index in [4.69, 9.17) is 0 Å². The van der Waals surface area contributed by atoms with E-state index in [1.165, 1.54) is 38.6 Å². The third-order valence-electron chi connectivity index (χ3n) is 3.37. The minimum Gasteiger partial charge on any atom is -0.392 e. The van der Waals surface area contributed by atoms with E-state index in [1.807, 2.05) is 0 Å². The summed E-state index contributed by atoms with van der Waals surface area (Å²) in [6.45, 7) is 7.10. The van der Waals surface area contributed by atoms with Crippen LogP contribution in [0, 0.1) is 0 Å². The first-order valence-electron chi connectivity index (χ1n) is 8.15. The van der Waals surface area contributed by atoms with Crippen LogP contribution < -0.4 is 0 Å². The minimum absolute atomic E-state index is 0.320. The Bertz CT molecular complexity index is 199. The fourth-order valence-electron chi connectivity index (χ4n) is 2.47. The first-order chi connectivity index (χ1) is 9.41. The molecule has 0 amide bonds. The SMILES string of the molecule is CC(O)CN(CCCCCCCCN(C)C)CC(C)O. The molecular weight excluding hydrogens is 252 g/mol. The van der Waals surface area contributed by atoms with Gasteiger partial charge in [0.05, 0.1) is 12.2 Å². The van der Waals surface area contributed by atoms with Gasteiger partial charge in [-0.1, -0.05) is 25.7 Å². The molecular formula is C16H36N2O2. The Kier molecular flexibility index (Phi) is 12.5. The van der Waals surface area contributed by atoms with E-state index >= 15 is 0 Å². The number of hydrogen-bond donors (Lipinski definition) is 2. The Labute approximate surface area is 125 Å². The van der Waals surface area contributed by atoms with E-state index in [2.05, 4.69) is 23.9 Å². The quantitative estimate of drug-likeness (QED) is 0.509. The Morgan fingerprint density at radius 1 is 0.700 bits per heavy atom. The molecule has 0 heterocycles. The second-order valence-corrected chi connectivity index (χ2v) is 6.38. The lowest BCUT2D eigenvalue weighted by Crippen LogP contribution is -2.36. The van der Waals surface area contributed by atoms with Crippen LogP contribution in [0.1, 0.15) is 52.4 Å². The van der Waals surface area contributed by atoms with Crippen molar-refractivity contribution in [2.45, 2.75) is 64.6 Å². The molecule has 0 radical (unpaired) electrons. The van der Waals surface area contributed by atoms with Crippen LogP contribution in [0.2, 0.25) is 0 Å². The largest absolute Gasteiger partial charge is 0.392 e. The van der Waals surface area contributed by atoms with Crippen molar-refractivity contribution in [3.63, 3.8) is 0 Å². The van der Waals surface area contributed by atoms with Crippen molar-refractivity contribution < 1.29 is 10.2 Å². The van der Waals surface area contributed by atoms with Crippen molar-refractivity contribution in [1.29, 1.82) is 0 Å². The van der Waals surface area contributed by atoms with Crippen molar-refractivity contribution in [2.75, 3.05) is 40.3 Å². The van der Waals surface area contributed by atoms with Crippen LogP contribution >= 0.6 is 0 Å². The van der Waals surface area contributed by atoms with Gasteiger partial charge in [-0.2, -0.15) is 0 Å². The van der Waals surface area contributed by atoms with Crippen molar-refractivity contribution in [1.82, 2.24) is 9.80 Å². The summed E-state index contributed by atoms with van der Waals surface area (Å²) in [6, 6.07) is 0. The van der Waals surface area contributed by atoms with E-state index in [9.17, 15) is 10.2 Å². The molecule has 0 aromatic heterocycles. The highest BCUT2D eigenvalue weighted by Gasteiger charge is 2.10. The van der Waals surface area contributed by atoms with Gasteiger partial charge in [-0.05, 0) is 53.9 Å². The van der Waals surface area contributed by atoms with Crippen LogP contribution in [0.4, 0.5) is 0 Å². The molecule has 0 aliphatic rings. The van der Waals surface area contributed by atoms with Crippen molar-refractivity contribution >= 4 is 0 Å². The summed E-state index contributed by atoms with van der Waals surface area (Å²) in [5, 5.41) is 18.9. The molecule has 0 fully saturated rings. The minimum atomic E-state index is -0.320. The second kappa shape index (κ2) is 12.6. The highest BCUT2D eigenvalue weighted by Crippen LogP contribution is 2.07. The highest BCUT2D eigenvalue weighted by molar-refractivity contribution is 4.64. The maximum absolute atomic E-state index is 9.45. The zero-order chi connectivity index (χ0) is 15.4. The van der Waals surface area contributed by atoms with E-state index in [-0.39, 0.29) is 12.2 Å². The van der Waals surface area contributed by atoms with Gasteiger partial charge >= 0.3 is 0 Å². The lowest BCUT2D eigenvalue weighted by molar-refractivity contribution is 0.0825. The van der Waals surface area contributed by atoms with Crippen molar-refractivity contribution in [3.8, 4) is 0 Å². The van der Waals surface area contributed by atoms with Gasteiger partial charge in [0.2, 0.25) is 0 Å². The summed E-state index contributed by atoms with van der Waals surface area (Å²) in [4.78, 5) is 4.41. The Morgan fingerprint density at radius 2 is 1.10 bits per heavy atom. The van der Waals surface area contributed by atoms with Crippen molar-refractivity contribution in [2.24, 2.45) is 0 Å². The van der Waals surface area contributed by atoms with Gasteiger partial charge in [0.25, 0.3) is 0 Å². The van der Waals surface area contributed by atoms with E-state index in [0.717, 1.165) is 13.0 Å². The number of unbranched alkanes of at least 4 members (excludes halogenated alkanes) is 5. The molecule has 0 aromatic rings. The molecule has 0 bridgehead atoms. The van der Waals surface area contributed by atoms with Gasteiger partial charge < -0.3 is 15.1 Å². The molecule has 122 valence electrons. The van der Waals surface area contributed by atoms with E-state index < -0.39 is 0 Å². The first kappa shape index (κ1) is 19.8. The molecule has 4 heteroatoms. The maximum atomic E-state index is 9.45. The predicted octanol–water partition coefficient (Wildman–Crippen LogP) is 1.95. The normalized spacial score (nSPS) is 15.0. The summed E-state index contributed by atoms with van der Waals surface area (Å²) in [5.74, 6) is 0. The van der Waals surface area contributed by atoms with Crippen LogP contribution in [-0.4, -0.2) is 72.5 Å². The first-order valence-corrected chi connectivity index (χ1v) is 8.15. The van der Waals surface area contributed by atoms with Gasteiger partial charge in [0, 0.05) is 13.1 Å². The van der Waals surface area contributed by atoms with Crippen LogP contribution in [0.15, 0.2) is 0 Å². The summed E-state index contributed by atoms with van der Waals surface area (Å²) in [7, 11) is 4.25. The highest BCUT2D eigenvalue weighted by atomic mass is 16.3. The fraction of sp³-hybridized carbons (Fsp3) is 1.00.